The van der Waals surface area contributed by atoms with Gasteiger partial charge in [0.15, 0.2) is 5.96 Å². The molecule has 0 spiro atoms. The van der Waals surface area contributed by atoms with Crippen molar-refractivity contribution in [1.29, 1.82) is 0 Å². The highest BCUT2D eigenvalue weighted by atomic mass is 16.5. The molecular formula is C23H33N3O3. The monoisotopic (exact) mass is 399 g/mol. The van der Waals surface area contributed by atoms with E-state index in [0.717, 1.165) is 69.6 Å². The zero-order valence-corrected chi connectivity index (χ0v) is 17.5. The maximum absolute atomic E-state index is 5.47. The van der Waals surface area contributed by atoms with Crippen LogP contribution in [-0.2, 0) is 11.2 Å². The predicted molar refractivity (Wildman–Crippen MR) is 116 cm³/mol. The predicted octanol–water partition coefficient (Wildman–Crippen LogP) is 3.60. The molecule has 1 aliphatic rings. The van der Waals surface area contributed by atoms with E-state index in [9.17, 15) is 0 Å². The summed E-state index contributed by atoms with van der Waals surface area (Å²) >= 11 is 0. The number of furan rings is 1. The first kappa shape index (κ1) is 21.2. The van der Waals surface area contributed by atoms with Gasteiger partial charge >= 0.3 is 0 Å². The lowest BCUT2D eigenvalue weighted by atomic mass is 9.98. The molecule has 1 fully saturated rings. The van der Waals surface area contributed by atoms with Crippen molar-refractivity contribution in [2.24, 2.45) is 10.9 Å². The van der Waals surface area contributed by atoms with Gasteiger partial charge in [-0.1, -0.05) is 19.1 Å². The molecule has 1 aliphatic heterocycles. The number of aliphatic imine (C=N–C) groups is 1. The minimum absolute atomic E-state index is 0.459. The van der Waals surface area contributed by atoms with Crippen LogP contribution in [0, 0.1) is 5.92 Å². The van der Waals surface area contributed by atoms with Gasteiger partial charge in [0.2, 0.25) is 0 Å². The fourth-order valence-electron chi connectivity index (χ4n) is 3.39. The van der Waals surface area contributed by atoms with Gasteiger partial charge in [-0.3, -0.25) is 4.99 Å². The topological polar surface area (TPSA) is 68.0 Å². The number of hydrogen-bond acceptors (Lipinski definition) is 4. The van der Waals surface area contributed by atoms with Crippen molar-refractivity contribution in [1.82, 2.24) is 10.6 Å². The largest absolute Gasteiger partial charge is 0.497 e. The lowest BCUT2D eigenvalue weighted by molar-refractivity contribution is 0.187. The molecule has 0 saturated carbocycles. The standard InChI is InChI=1S/C23H33N3O3/c1-18(20-5-7-21(27-2)8-6-20)9-12-24-23(26-16-19-11-15-28-17-19)25-13-10-22-4-3-14-29-22/h3-8,14,18-19H,9-13,15-17H2,1-2H3,(H2,24,25,26). The van der Waals surface area contributed by atoms with Crippen LogP contribution in [0.1, 0.15) is 37.0 Å². The third-order valence-electron chi connectivity index (χ3n) is 5.33. The van der Waals surface area contributed by atoms with Crippen molar-refractivity contribution in [2.75, 3.05) is 40.0 Å². The molecule has 1 aromatic heterocycles. The molecule has 2 aromatic rings. The summed E-state index contributed by atoms with van der Waals surface area (Å²) in [4.78, 5) is 4.78. The van der Waals surface area contributed by atoms with E-state index in [4.69, 9.17) is 18.9 Å². The van der Waals surface area contributed by atoms with Gasteiger partial charge in [-0.25, -0.2) is 0 Å². The third kappa shape index (κ3) is 7.13. The number of benzene rings is 1. The highest BCUT2D eigenvalue weighted by molar-refractivity contribution is 5.79. The highest BCUT2D eigenvalue weighted by Crippen LogP contribution is 2.21. The number of rotatable bonds is 10. The fraction of sp³-hybridized carbons (Fsp3) is 0.522. The quantitative estimate of drug-likeness (QED) is 0.472. The second kappa shape index (κ2) is 11.5. The summed E-state index contributed by atoms with van der Waals surface area (Å²) in [5.74, 6) is 3.72. The number of nitrogens with zero attached hydrogens (tertiary/aromatic N) is 1. The van der Waals surface area contributed by atoms with Crippen molar-refractivity contribution in [3.8, 4) is 5.75 Å². The molecule has 0 aliphatic carbocycles. The highest BCUT2D eigenvalue weighted by Gasteiger charge is 2.15. The van der Waals surface area contributed by atoms with E-state index in [2.05, 4.69) is 29.7 Å². The molecule has 6 heteroatoms. The SMILES string of the molecule is COc1ccc(C(C)CCNC(=NCC2CCOC2)NCCc2ccco2)cc1. The smallest absolute Gasteiger partial charge is 0.191 e. The van der Waals surface area contributed by atoms with E-state index in [1.807, 2.05) is 24.3 Å². The molecule has 3 rings (SSSR count). The molecule has 6 nitrogen and oxygen atoms in total. The molecule has 0 amide bonds. The Kier molecular flexibility index (Phi) is 8.43. The second-order valence-electron chi connectivity index (χ2n) is 7.56. The average Bonchev–Trinajstić information content (AvgIpc) is 3.46. The summed E-state index contributed by atoms with van der Waals surface area (Å²) < 4.78 is 16.1. The van der Waals surface area contributed by atoms with Crippen molar-refractivity contribution in [3.63, 3.8) is 0 Å². The van der Waals surface area contributed by atoms with E-state index in [1.54, 1.807) is 13.4 Å². The van der Waals surface area contributed by atoms with E-state index in [0.29, 0.717) is 11.8 Å². The van der Waals surface area contributed by atoms with Crippen molar-refractivity contribution in [2.45, 2.75) is 32.1 Å². The fourth-order valence-corrected chi connectivity index (χ4v) is 3.39. The third-order valence-corrected chi connectivity index (χ3v) is 5.33. The van der Waals surface area contributed by atoms with Crippen LogP contribution in [0.15, 0.2) is 52.1 Å². The lowest BCUT2D eigenvalue weighted by Gasteiger charge is -2.16. The van der Waals surface area contributed by atoms with Crippen LogP contribution >= 0.6 is 0 Å². The van der Waals surface area contributed by atoms with Gasteiger partial charge in [0.25, 0.3) is 0 Å². The zero-order chi connectivity index (χ0) is 20.3. The number of methoxy groups -OCH3 is 1. The number of hydrogen-bond donors (Lipinski definition) is 2. The van der Waals surface area contributed by atoms with E-state index < -0.39 is 0 Å². The van der Waals surface area contributed by atoms with Crippen molar-refractivity contribution >= 4 is 5.96 Å². The molecular weight excluding hydrogens is 366 g/mol. The van der Waals surface area contributed by atoms with Crippen LogP contribution in [-0.4, -0.2) is 45.9 Å². The number of nitrogens with one attached hydrogen (secondary N) is 2. The zero-order valence-electron chi connectivity index (χ0n) is 17.5. The summed E-state index contributed by atoms with van der Waals surface area (Å²) in [7, 11) is 1.69. The Balaban J connectivity index is 1.47. The Morgan fingerprint density at radius 1 is 1.21 bits per heavy atom. The van der Waals surface area contributed by atoms with Gasteiger partial charge in [-0.2, -0.15) is 0 Å². The Morgan fingerprint density at radius 3 is 2.72 bits per heavy atom. The molecule has 2 heterocycles. The van der Waals surface area contributed by atoms with Crippen molar-refractivity contribution in [3.05, 3.63) is 54.0 Å². The van der Waals surface area contributed by atoms with Crippen LogP contribution in [0.2, 0.25) is 0 Å². The first-order valence-electron chi connectivity index (χ1n) is 10.5. The molecule has 0 bridgehead atoms. The molecule has 29 heavy (non-hydrogen) atoms. The molecule has 1 saturated heterocycles. The van der Waals surface area contributed by atoms with Gasteiger partial charge in [0, 0.05) is 38.6 Å². The van der Waals surface area contributed by atoms with Gasteiger partial charge in [-0.15, -0.1) is 0 Å². The van der Waals surface area contributed by atoms with Crippen LogP contribution in [0.25, 0.3) is 0 Å². The maximum atomic E-state index is 5.47. The molecule has 0 radical (unpaired) electrons. The maximum Gasteiger partial charge on any atom is 0.191 e. The van der Waals surface area contributed by atoms with E-state index >= 15 is 0 Å². The lowest BCUT2D eigenvalue weighted by Crippen LogP contribution is -2.39. The van der Waals surface area contributed by atoms with Gasteiger partial charge in [-0.05, 0) is 48.6 Å². The van der Waals surface area contributed by atoms with Crippen molar-refractivity contribution < 1.29 is 13.9 Å². The summed E-state index contributed by atoms with van der Waals surface area (Å²) in [6.07, 6.45) is 4.67. The summed E-state index contributed by atoms with van der Waals surface area (Å²) in [6.45, 7) is 6.37. The van der Waals surface area contributed by atoms with Crippen LogP contribution in [0.4, 0.5) is 0 Å². The first-order valence-corrected chi connectivity index (χ1v) is 10.5. The average molecular weight is 400 g/mol. The Labute approximate surface area is 173 Å². The van der Waals surface area contributed by atoms with Gasteiger partial charge in [0.05, 0.1) is 20.0 Å². The summed E-state index contributed by atoms with van der Waals surface area (Å²) in [6, 6.07) is 12.2. The van der Waals surface area contributed by atoms with E-state index in [1.165, 1.54) is 5.56 Å². The molecule has 1 aromatic carbocycles. The van der Waals surface area contributed by atoms with Crippen LogP contribution in [0.5, 0.6) is 5.75 Å². The molecule has 2 unspecified atom stereocenters. The van der Waals surface area contributed by atoms with Gasteiger partial charge in [0.1, 0.15) is 11.5 Å². The Morgan fingerprint density at radius 2 is 2.03 bits per heavy atom. The molecule has 2 atom stereocenters. The van der Waals surface area contributed by atoms with E-state index in [-0.39, 0.29) is 0 Å². The summed E-state index contributed by atoms with van der Waals surface area (Å²) in [5.41, 5.74) is 1.32. The van der Waals surface area contributed by atoms with Gasteiger partial charge < -0.3 is 24.5 Å². The van der Waals surface area contributed by atoms with Crippen LogP contribution in [0.3, 0.4) is 0 Å². The molecule has 2 N–H and O–H groups in total. The second-order valence-corrected chi connectivity index (χ2v) is 7.56. The van der Waals surface area contributed by atoms with Crippen LogP contribution < -0.4 is 15.4 Å². The first-order chi connectivity index (χ1) is 14.2. The Hall–Kier alpha value is -2.47. The normalized spacial score (nSPS) is 17.9. The minimum Gasteiger partial charge on any atom is -0.497 e. The number of guanidine groups is 1. The number of ether oxygens (including phenoxy) is 2. The Bertz CT molecular complexity index is 722. The minimum atomic E-state index is 0.459. The summed E-state index contributed by atoms with van der Waals surface area (Å²) in [5, 5.41) is 6.92. The molecule has 158 valence electrons.